The van der Waals surface area contributed by atoms with Crippen LogP contribution >= 0.6 is 39.9 Å². The van der Waals surface area contributed by atoms with Crippen LogP contribution in [0.4, 0.5) is 0 Å². The largest absolute Gasteiger partial charge is 0.494 e. The molecule has 2 aromatic carbocycles. The van der Waals surface area contributed by atoms with Crippen molar-refractivity contribution in [3.8, 4) is 5.75 Å². The molecule has 0 saturated carbocycles. The van der Waals surface area contributed by atoms with Crippen molar-refractivity contribution in [1.82, 2.24) is 10.4 Å². The zero-order valence-corrected chi connectivity index (χ0v) is 19.6. The second-order valence-electron chi connectivity index (χ2n) is 6.59. The van der Waals surface area contributed by atoms with Gasteiger partial charge >= 0.3 is 0 Å². The molecule has 0 atom stereocenters. The number of benzene rings is 2. The van der Waals surface area contributed by atoms with Gasteiger partial charge in [0.15, 0.2) is 4.32 Å². The van der Waals surface area contributed by atoms with Crippen LogP contribution in [0.3, 0.4) is 0 Å². The molecule has 3 rings (SSSR count). The maximum Gasteiger partial charge on any atom is 0.285 e. The van der Waals surface area contributed by atoms with Crippen molar-refractivity contribution >= 4 is 62.1 Å². The molecule has 30 heavy (non-hydrogen) atoms. The maximum atomic E-state index is 12.7. The number of amides is 2. The summed E-state index contributed by atoms with van der Waals surface area (Å²) in [6.07, 6.45) is 5.10. The number of nitrogens with zero attached hydrogens (tertiary/aromatic N) is 1. The van der Waals surface area contributed by atoms with E-state index in [1.807, 2.05) is 24.3 Å². The normalized spacial score (nSPS) is 15.0. The van der Waals surface area contributed by atoms with E-state index in [9.17, 15) is 9.59 Å². The van der Waals surface area contributed by atoms with E-state index < -0.39 is 5.91 Å². The Labute approximate surface area is 194 Å². The first kappa shape index (κ1) is 22.5. The molecule has 0 radical (unpaired) electrons. The van der Waals surface area contributed by atoms with Gasteiger partial charge in [-0.1, -0.05) is 59.6 Å². The lowest BCUT2D eigenvalue weighted by atomic mass is 10.2. The summed E-state index contributed by atoms with van der Waals surface area (Å²) in [4.78, 5) is 25.6. The van der Waals surface area contributed by atoms with Gasteiger partial charge in [-0.3, -0.25) is 15.0 Å². The SMILES string of the molecule is CCCCCOc1ccc(/C=C2\SC(=S)N(NC(=O)c3ccc(Br)cc3)C2=O)cc1. The summed E-state index contributed by atoms with van der Waals surface area (Å²) in [5.74, 6) is 0.0533. The van der Waals surface area contributed by atoms with Crippen LogP contribution in [-0.4, -0.2) is 27.8 Å². The van der Waals surface area contributed by atoms with Crippen molar-refractivity contribution in [3.63, 3.8) is 0 Å². The van der Waals surface area contributed by atoms with Crippen LogP contribution in [0, 0.1) is 0 Å². The number of ether oxygens (including phenoxy) is 1. The highest BCUT2D eigenvalue weighted by Gasteiger charge is 2.33. The maximum absolute atomic E-state index is 12.7. The van der Waals surface area contributed by atoms with Gasteiger partial charge < -0.3 is 4.74 Å². The van der Waals surface area contributed by atoms with Crippen molar-refractivity contribution in [2.24, 2.45) is 0 Å². The number of hydrogen-bond donors (Lipinski definition) is 1. The average molecular weight is 505 g/mol. The quantitative estimate of drug-likeness (QED) is 0.289. The Balaban J connectivity index is 1.63. The fraction of sp³-hybridized carbons (Fsp3) is 0.227. The van der Waals surface area contributed by atoms with Crippen LogP contribution < -0.4 is 10.2 Å². The topological polar surface area (TPSA) is 58.6 Å². The highest BCUT2D eigenvalue weighted by molar-refractivity contribution is 9.10. The van der Waals surface area contributed by atoms with Crippen molar-refractivity contribution < 1.29 is 14.3 Å². The van der Waals surface area contributed by atoms with Gasteiger partial charge in [-0.15, -0.1) is 0 Å². The van der Waals surface area contributed by atoms with Crippen molar-refractivity contribution in [2.75, 3.05) is 6.61 Å². The Kier molecular flexibility index (Phi) is 8.07. The molecule has 1 fully saturated rings. The van der Waals surface area contributed by atoms with Crippen LogP contribution in [0.2, 0.25) is 0 Å². The number of unbranched alkanes of at least 4 members (excludes halogenated alkanes) is 2. The minimum absolute atomic E-state index is 0.285. The van der Waals surface area contributed by atoms with E-state index in [0.717, 1.165) is 51.8 Å². The molecule has 2 amide bonds. The Morgan fingerprint density at radius 3 is 2.53 bits per heavy atom. The number of carbonyl (C=O) groups excluding carboxylic acids is 2. The Hall–Kier alpha value is -2.16. The van der Waals surface area contributed by atoms with Gasteiger partial charge in [0.25, 0.3) is 11.8 Å². The fourth-order valence-corrected chi connectivity index (χ4v) is 4.13. The molecule has 1 aliphatic heterocycles. The van der Waals surface area contributed by atoms with E-state index in [0.29, 0.717) is 17.1 Å². The standard InChI is InChI=1S/C22H21BrN2O3S2/c1-2-3-4-13-28-18-11-5-15(6-12-18)14-19-21(27)25(22(29)30-19)24-20(26)16-7-9-17(23)10-8-16/h5-12,14H,2-4,13H2,1H3,(H,24,26)/b19-14-. The third-order valence-electron chi connectivity index (χ3n) is 4.31. The molecule has 156 valence electrons. The first-order valence-electron chi connectivity index (χ1n) is 9.55. The van der Waals surface area contributed by atoms with Gasteiger partial charge in [-0.25, -0.2) is 0 Å². The van der Waals surface area contributed by atoms with E-state index in [1.54, 1.807) is 30.3 Å². The van der Waals surface area contributed by atoms with Crippen LogP contribution in [-0.2, 0) is 4.79 Å². The lowest BCUT2D eigenvalue weighted by molar-refractivity contribution is -0.123. The molecule has 1 saturated heterocycles. The van der Waals surface area contributed by atoms with Crippen molar-refractivity contribution in [2.45, 2.75) is 26.2 Å². The predicted octanol–water partition coefficient (Wildman–Crippen LogP) is 5.56. The molecule has 5 nitrogen and oxygen atoms in total. The molecule has 0 bridgehead atoms. The first-order valence-corrected chi connectivity index (χ1v) is 11.6. The number of thiocarbonyl (C=S) groups is 1. The molecule has 0 aromatic heterocycles. The number of hydrazine groups is 1. The minimum Gasteiger partial charge on any atom is -0.494 e. The van der Waals surface area contributed by atoms with Crippen LogP contribution in [0.1, 0.15) is 42.1 Å². The van der Waals surface area contributed by atoms with Gasteiger partial charge in [-0.2, -0.15) is 5.01 Å². The summed E-state index contributed by atoms with van der Waals surface area (Å²) in [5.41, 5.74) is 3.87. The summed E-state index contributed by atoms with van der Waals surface area (Å²) in [7, 11) is 0. The number of halogens is 1. The predicted molar refractivity (Wildman–Crippen MR) is 128 cm³/mol. The molecule has 2 aromatic rings. The van der Waals surface area contributed by atoms with E-state index in [1.165, 1.54) is 0 Å². The Bertz CT molecular complexity index is 959. The first-order chi connectivity index (χ1) is 14.5. The molecule has 0 spiro atoms. The molecule has 1 aliphatic rings. The van der Waals surface area contributed by atoms with Crippen molar-refractivity contribution in [3.05, 3.63) is 69.0 Å². The van der Waals surface area contributed by atoms with E-state index in [4.69, 9.17) is 17.0 Å². The summed E-state index contributed by atoms with van der Waals surface area (Å²) in [5, 5.41) is 1.11. The molecule has 8 heteroatoms. The van der Waals surface area contributed by atoms with E-state index in [-0.39, 0.29) is 10.2 Å². The smallest absolute Gasteiger partial charge is 0.285 e. The second kappa shape index (κ2) is 10.7. The number of hydrogen-bond acceptors (Lipinski definition) is 5. The van der Waals surface area contributed by atoms with E-state index in [2.05, 4.69) is 28.3 Å². The lowest BCUT2D eigenvalue weighted by Crippen LogP contribution is -2.44. The van der Waals surface area contributed by atoms with Gasteiger partial charge in [0, 0.05) is 10.0 Å². The lowest BCUT2D eigenvalue weighted by Gasteiger charge is -2.15. The summed E-state index contributed by atoms with van der Waals surface area (Å²) in [6, 6.07) is 14.4. The van der Waals surface area contributed by atoms with E-state index >= 15 is 0 Å². The number of rotatable bonds is 8. The van der Waals surface area contributed by atoms with Crippen LogP contribution in [0.5, 0.6) is 5.75 Å². The van der Waals surface area contributed by atoms with Crippen LogP contribution in [0.15, 0.2) is 57.9 Å². The second-order valence-corrected chi connectivity index (χ2v) is 9.18. The van der Waals surface area contributed by atoms with Crippen molar-refractivity contribution in [1.29, 1.82) is 0 Å². The van der Waals surface area contributed by atoms with Gasteiger partial charge in [0.2, 0.25) is 0 Å². The number of carbonyl (C=O) groups is 2. The highest BCUT2D eigenvalue weighted by Crippen LogP contribution is 2.31. The monoisotopic (exact) mass is 504 g/mol. The zero-order chi connectivity index (χ0) is 21.5. The number of nitrogens with one attached hydrogen (secondary N) is 1. The highest BCUT2D eigenvalue weighted by atomic mass is 79.9. The zero-order valence-electron chi connectivity index (χ0n) is 16.4. The third kappa shape index (κ3) is 5.93. The van der Waals surface area contributed by atoms with Gasteiger partial charge in [0.1, 0.15) is 5.75 Å². The van der Waals surface area contributed by atoms with Gasteiger partial charge in [-0.05, 0) is 66.7 Å². The molecule has 0 unspecified atom stereocenters. The number of thioether (sulfide) groups is 1. The van der Waals surface area contributed by atoms with Crippen LogP contribution in [0.25, 0.3) is 6.08 Å². The van der Waals surface area contributed by atoms with Gasteiger partial charge in [0.05, 0.1) is 11.5 Å². The Morgan fingerprint density at radius 1 is 1.17 bits per heavy atom. The summed E-state index contributed by atoms with van der Waals surface area (Å²) in [6.45, 7) is 2.85. The average Bonchev–Trinajstić information content (AvgIpc) is 3.00. The molecular formula is C22H21BrN2O3S2. The molecular weight excluding hydrogens is 484 g/mol. The molecule has 0 aliphatic carbocycles. The minimum atomic E-state index is -0.398. The molecule has 1 heterocycles. The third-order valence-corrected chi connectivity index (χ3v) is 6.14. The fourth-order valence-electron chi connectivity index (χ4n) is 2.69. The molecule has 1 N–H and O–H groups in total. The summed E-state index contributed by atoms with van der Waals surface area (Å²) < 4.78 is 6.86. The Morgan fingerprint density at radius 2 is 1.87 bits per heavy atom. The summed E-state index contributed by atoms with van der Waals surface area (Å²) >= 11 is 9.76.